The molecule has 1 aromatic carbocycles. The molecule has 2 N–H and O–H groups in total. The van der Waals surface area contributed by atoms with E-state index in [9.17, 15) is 8.42 Å². The van der Waals surface area contributed by atoms with Crippen LogP contribution in [0.5, 0.6) is 5.75 Å². The Morgan fingerprint density at radius 3 is 2.05 bits per heavy atom. The Morgan fingerprint density at radius 1 is 1.11 bits per heavy atom. The first-order valence-electron chi connectivity index (χ1n) is 6.01. The van der Waals surface area contributed by atoms with Crippen LogP contribution in [0.25, 0.3) is 0 Å². The van der Waals surface area contributed by atoms with Gasteiger partial charge in [-0.25, -0.2) is 8.42 Å². The second kappa shape index (κ2) is 7.44. The van der Waals surface area contributed by atoms with Gasteiger partial charge in [0, 0.05) is 13.1 Å². The lowest BCUT2D eigenvalue weighted by Crippen LogP contribution is -2.35. The zero-order chi connectivity index (χ0) is 14.3. The summed E-state index contributed by atoms with van der Waals surface area (Å²) in [5.74, 6) is 0.595. The average Bonchev–Trinajstić information content (AvgIpc) is 2.39. The Balaban J connectivity index is 2.96. The zero-order valence-electron chi connectivity index (χ0n) is 10.8. The van der Waals surface area contributed by atoms with Crippen molar-refractivity contribution >= 4 is 10.0 Å². The Hall–Kier alpha value is -1.15. The molecule has 0 fully saturated rings. The molecule has 0 saturated carbocycles. The highest BCUT2D eigenvalue weighted by molar-refractivity contribution is 7.89. The monoisotopic (exact) mass is 289 g/mol. The molecule has 0 aliphatic heterocycles. The third-order valence-electron chi connectivity index (χ3n) is 2.47. The predicted molar refractivity (Wildman–Crippen MR) is 70.5 cm³/mol. The minimum Gasteiger partial charge on any atom is -0.494 e. The summed E-state index contributed by atoms with van der Waals surface area (Å²) in [6, 6.07) is 6.04. The summed E-state index contributed by atoms with van der Waals surface area (Å²) in [4.78, 5) is 0.109. The molecule has 1 rings (SSSR count). The molecular weight excluding hydrogens is 270 g/mol. The largest absolute Gasteiger partial charge is 0.494 e. The number of benzene rings is 1. The summed E-state index contributed by atoms with van der Waals surface area (Å²) in [5, 5.41) is 17.8. The normalized spacial score (nSPS) is 11.8. The summed E-state index contributed by atoms with van der Waals surface area (Å²) < 4.78 is 30.8. The Kier molecular flexibility index (Phi) is 6.23. The summed E-state index contributed by atoms with van der Waals surface area (Å²) in [5.41, 5.74) is 0. The summed E-state index contributed by atoms with van der Waals surface area (Å²) >= 11 is 0. The van der Waals surface area contributed by atoms with Crippen LogP contribution in [-0.2, 0) is 10.0 Å². The first kappa shape index (κ1) is 15.9. The van der Waals surface area contributed by atoms with Gasteiger partial charge in [0.05, 0.1) is 24.7 Å². The van der Waals surface area contributed by atoms with E-state index < -0.39 is 10.0 Å². The van der Waals surface area contributed by atoms with E-state index in [1.165, 1.54) is 12.1 Å². The lowest BCUT2D eigenvalue weighted by molar-refractivity contribution is 0.217. The minimum atomic E-state index is -3.70. The standard InChI is InChI=1S/C12H19NO5S/c1-2-18-11-3-5-12(6-4-11)19(16,17)13(7-9-14)8-10-15/h3-6,14-15H,2,7-10H2,1H3. The Morgan fingerprint density at radius 2 is 1.63 bits per heavy atom. The maximum atomic E-state index is 12.2. The van der Waals surface area contributed by atoms with E-state index in [0.29, 0.717) is 12.4 Å². The van der Waals surface area contributed by atoms with Crippen LogP contribution in [0.4, 0.5) is 0 Å². The highest BCUT2D eigenvalue weighted by atomic mass is 32.2. The van der Waals surface area contributed by atoms with E-state index in [1.807, 2.05) is 6.92 Å². The van der Waals surface area contributed by atoms with Crippen molar-refractivity contribution < 1.29 is 23.4 Å². The highest BCUT2D eigenvalue weighted by Gasteiger charge is 2.23. The summed E-state index contributed by atoms with van der Waals surface area (Å²) in [7, 11) is -3.70. The molecular formula is C12H19NO5S. The molecule has 108 valence electrons. The van der Waals surface area contributed by atoms with Crippen LogP contribution in [0.1, 0.15) is 6.92 Å². The predicted octanol–water partition coefficient (Wildman–Crippen LogP) is 0.0606. The van der Waals surface area contributed by atoms with Crippen molar-refractivity contribution in [2.75, 3.05) is 32.9 Å². The van der Waals surface area contributed by atoms with Crippen molar-refractivity contribution in [2.24, 2.45) is 0 Å². The number of sulfonamides is 1. The highest BCUT2D eigenvalue weighted by Crippen LogP contribution is 2.19. The number of rotatable bonds is 8. The van der Waals surface area contributed by atoms with Gasteiger partial charge in [-0.05, 0) is 31.2 Å². The molecule has 0 bridgehead atoms. The first-order valence-corrected chi connectivity index (χ1v) is 7.45. The molecule has 1 aromatic rings. The van der Waals surface area contributed by atoms with Gasteiger partial charge < -0.3 is 14.9 Å². The van der Waals surface area contributed by atoms with E-state index in [2.05, 4.69) is 0 Å². The van der Waals surface area contributed by atoms with Gasteiger partial charge in [0.1, 0.15) is 5.75 Å². The van der Waals surface area contributed by atoms with Crippen LogP contribution in [0.15, 0.2) is 29.2 Å². The van der Waals surface area contributed by atoms with Crippen molar-refractivity contribution in [3.05, 3.63) is 24.3 Å². The quantitative estimate of drug-likeness (QED) is 0.706. The summed E-state index contributed by atoms with van der Waals surface area (Å²) in [6.45, 7) is 1.67. The number of hydrogen-bond donors (Lipinski definition) is 2. The Bertz CT molecular complexity index is 465. The molecule has 0 aliphatic carbocycles. The van der Waals surface area contributed by atoms with E-state index in [-0.39, 0.29) is 31.2 Å². The lowest BCUT2D eigenvalue weighted by atomic mass is 10.3. The zero-order valence-corrected chi connectivity index (χ0v) is 11.6. The van der Waals surface area contributed by atoms with Crippen LogP contribution >= 0.6 is 0 Å². The third kappa shape index (κ3) is 4.17. The SMILES string of the molecule is CCOc1ccc(S(=O)(=O)N(CCO)CCO)cc1. The van der Waals surface area contributed by atoms with Gasteiger partial charge in [-0.3, -0.25) is 0 Å². The van der Waals surface area contributed by atoms with Gasteiger partial charge in [0.25, 0.3) is 0 Å². The van der Waals surface area contributed by atoms with Crippen molar-refractivity contribution in [3.8, 4) is 5.75 Å². The Labute approximate surface area is 113 Å². The fourth-order valence-electron chi connectivity index (χ4n) is 1.60. The van der Waals surface area contributed by atoms with Gasteiger partial charge in [-0.1, -0.05) is 0 Å². The van der Waals surface area contributed by atoms with Crippen molar-refractivity contribution in [2.45, 2.75) is 11.8 Å². The third-order valence-corrected chi connectivity index (χ3v) is 4.38. The maximum absolute atomic E-state index is 12.2. The number of aliphatic hydroxyl groups is 2. The topological polar surface area (TPSA) is 87.1 Å². The molecule has 0 aliphatic rings. The number of hydrogen-bond acceptors (Lipinski definition) is 5. The van der Waals surface area contributed by atoms with Gasteiger partial charge in [-0.15, -0.1) is 0 Å². The minimum absolute atomic E-state index is 0.0455. The van der Waals surface area contributed by atoms with Crippen molar-refractivity contribution in [3.63, 3.8) is 0 Å². The second-order valence-electron chi connectivity index (χ2n) is 3.76. The van der Waals surface area contributed by atoms with Crippen LogP contribution in [0.3, 0.4) is 0 Å². The van der Waals surface area contributed by atoms with Gasteiger partial charge >= 0.3 is 0 Å². The fraction of sp³-hybridized carbons (Fsp3) is 0.500. The molecule has 0 saturated heterocycles. The molecule has 19 heavy (non-hydrogen) atoms. The lowest BCUT2D eigenvalue weighted by Gasteiger charge is -2.20. The van der Waals surface area contributed by atoms with E-state index in [0.717, 1.165) is 4.31 Å². The van der Waals surface area contributed by atoms with Gasteiger partial charge in [0.2, 0.25) is 10.0 Å². The molecule has 0 atom stereocenters. The smallest absolute Gasteiger partial charge is 0.243 e. The molecule has 0 aromatic heterocycles. The molecule has 0 amide bonds. The number of aliphatic hydroxyl groups excluding tert-OH is 2. The van der Waals surface area contributed by atoms with Gasteiger partial charge in [0.15, 0.2) is 0 Å². The first-order chi connectivity index (χ1) is 9.06. The number of nitrogens with zero attached hydrogens (tertiary/aromatic N) is 1. The second-order valence-corrected chi connectivity index (χ2v) is 5.69. The van der Waals surface area contributed by atoms with Gasteiger partial charge in [-0.2, -0.15) is 4.31 Å². The van der Waals surface area contributed by atoms with Crippen LogP contribution < -0.4 is 4.74 Å². The molecule has 6 nitrogen and oxygen atoms in total. The van der Waals surface area contributed by atoms with Crippen LogP contribution in [-0.4, -0.2) is 55.8 Å². The van der Waals surface area contributed by atoms with E-state index in [4.69, 9.17) is 14.9 Å². The van der Waals surface area contributed by atoms with Crippen molar-refractivity contribution in [1.82, 2.24) is 4.31 Å². The average molecular weight is 289 g/mol. The van der Waals surface area contributed by atoms with Crippen LogP contribution in [0.2, 0.25) is 0 Å². The molecule has 0 unspecified atom stereocenters. The summed E-state index contributed by atoms with van der Waals surface area (Å²) in [6.07, 6.45) is 0. The molecule has 7 heteroatoms. The maximum Gasteiger partial charge on any atom is 0.243 e. The molecule has 0 radical (unpaired) electrons. The van der Waals surface area contributed by atoms with Crippen LogP contribution in [0, 0.1) is 0 Å². The number of ether oxygens (including phenoxy) is 1. The molecule has 0 spiro atoms. The van der Waals surface area contributed by atoms with E-state index in [1.54, 1.807) is 12.1 Å². The fourth-order valence-corrected chi connectivity index (χ4v) is 3.02. The van der Waals surface area contributed by atoms with E-state index >= 15 is 0 Å². The molecule has 0 heterocycles. The van der Waals surface area contributed by atoms with Crippen molar-refractivity contribution in [1.29, 1.82) is 0 Å².